The Kier molecular flexibility index (Phi) is 10.3. The van der Waals surface area contributed by atoms with E-state index in [1.54, 1.807) is 11.3 Å². The molecule has 0 amide bonds. The van der Waals surface area contributed by atoms with E-state index in [-0.39, 0.29) is 24.0 Å². The molecule has 1 aromatic carbocycles. The highest BCUT2D eigenvalue weighted by Crippen LogP contribution is 2.17. The highest BCUT2D eigenvalue weighted by atomic mass is 127. The molecule has 2 N–H and O–H groups in total. The molecule has 0 atom stereocenters. The number of aliphatic imine (C=N–C) groups is 1. The molecular formula is C16H22BrIN4OS. The van der Waals surface area contributed by atoms with Crippen LogP contribution in [-0.2, 0) is 6.54 Å². The van der Waals surface area contributed by atoms with Crippen molar-refractivity contribution in [2.24, 2.45) is 4.99 Å². The summed E-state index contributed by atoms with van der Waals surface area (Å²) in [5.74, 6) is 1.62. The number of rotatable bonds is 7. The Labute approximate surface area is 172 Å². The van der Waals surface area contributed by atoms with Gasteiger partial charge in [0.05, 0.1) is 13.1 Å². The Balaban J connectivity index is 0.00000288. The molecular weight excluding hydrogens is 503 g/mol. The summed E-state index contributed by atoms with van der Waals surface area (Å²) in [5.41, 5.74) is 0. The van der Waals surface area contributed by atoms with E-state index < -0.39 is 0 Å². The van der Waals surface area contributed by atoms with Gasteiger partial charge >= 0.3 is 0 Å². The van der Waals surface area contributed by atoms with Crippen LogP contribution in [0.25, 0.3) is 0 Å². The second-order valence-corrected chi connectivity index (χ2v) is 7.03. The third kappa shape index (κ3) is 7.80. The molecule has 132 valence electrons. The fourth-order valence-corrected chi connectivity index (χ4v) is 2.95. The Morgan fingerprint density at radius 1 is 1.38 bits per heavy atom. The molecule has 0 fully saturated rings. The molecule has 0 unspecified atom stereocenters. The number of guanidine groups is 1. The minimum atomic E-state index is 0. The van der Waals surface area contributed by atoms with Crippen LogP contribution in [0.15, 0.2) is 39.9 Å². The van der Waals surface area contributed by atoms with Crippen molar-refractivity contribution >= 4 is 57.2 Å². The highest BCUT2D eigenvalue weighted by Gasteiger charge is 2.01. The molecule has 0 saturated heterocycles. The SMILES string of the molecule is CCNC(=NCc1ncc(C)s1)NCCOc1cccc(Br)c1.I. The van der Waals surface area contributed by atoms with Gasteiger partial charge in [-0.15, -0.1) is 35.3 Å². The lowest BCUT2D eigenvalue weighted by Gasteiger charge is -2.12. The van der Waals surface area contributed by atoms with Gasteiger partial charge < -0.3 is 15.4 Å². The van der Waals surface area contributed by atoms with Crippen molar-refractivity contribution in [3.8, 4) is 5.75 Å². The molecule has 0 bridgehead atoms. The molecule has 0 aliphatic rings. The third-order valence-corrected chi connectivity index (χ3v) is 4.24. The fourth-order valence-electron chi connectivity index (χ4n) is 1.86. The van der Waals surface area contributed by atoms with Gasteiger partial charge in [0.15, 0.2) is 5.96 Å². The van der Waals surface area contributed by atoms with Crippen LogP contribution in [0, 0.1) is 6.92 Å². The zero-order valence-corrected chi connectivity index (χ0v) is 18.4. The van der Waals surface area contributed by atoms with Gasteiger partial charge in [-0.2, -0.15) is 0 Å². The lowest BCUT2D eigenvalue weighted by molar-refractivity contribution is 0.321. The number of hydrogen-bond acceptors (Lipinski definition) is 4. The average molecular weight is 525 g/mol. The number of hydrogen-bond donors (Lipinski definition) is 2. The van der Waals surface area contributed by atoms with Crippen molar-refractivity contribution < 1.29 is 4.74 Å². The van der Waals surface area contributed by atoms with Crippen LogP contribution in [0.2, 0.25) is 0 Å². The minimum Gasteiger partial charge on any atom is -0.492 e. The van der Waals surface area contributed by atoms with Gasteiger partial charge in [-0.3, -0.25) is 0 Å². The first kappa shape index (κ1) is 21.2. The molecule has 24 heavy (non-hydrogen) atoms. The number of nitrogens with one attached hydrogen (secondary N) is 2. The highest BCUT2D eigenvalue weighted by molar-refractivity contribution is 14.0. The zero-order chi connectivity index (χ0) is 16.5. The maximum Gasteiger partial charge on any atom is 0.191 e. The van der Waals surface area contributed by atoms with Crippen LogP contribution < -0.4 is 15.4 Å². The number of aryl methyl sites for hydroxylation is 1. The molecule has 2 rings (SSSR count). The summed E-state index contributed by atoms with van der Waals surface area (Å²) in [6.45, 7) is 6.73. The Hall–Kier alpha value is -0.870. The summed E-state index contributed by atoms with van der Waals surface area (Å²) in [7, 11) is 0. The van der Waals surface area contributed by atoms with E-state index in [4.69, 9.17) is 4.74 Å². The summed E-state index contributed by atoms with van der Waals surface area (Å²) >= 11 is 5.10. The summed E-state index contributed by atoms with van der Waals surface area (Å²) in [6, 6.07) is 7.81. The van der Waals surface area contributed by atoms with Crippen molar-refractivity contribution in [3.05, 3.63) is 44.8 Å². The quantitative estimate of drug-likeness (QED) is 0.249. The minimum absolute atomic E-state index is 0. The lowest BCUT2D eigenvalue weighted by Crippen LogP contribution is -2.39. The Morgan fingerprint density at radius 3 is 2.88 bits per heavy atom. The van der Waals surface area contributed by atoms with E-state index in [9.17, 15) is 0 Å². The van der Waals surface area contributed by atoms with Gasteiger partial charge in [-0.1, -0.05) is 22.0 Å². The van der Waals surface area contributed by atoms with E-state index >= 15 is 0 Å². The van der Waals surface area contributed by atoms with E-state index in [2.05, 4.69) is 36.5 Å². The predicted molar refractivity (Wildman–Crippen MR) is 115 cm³/mol. The first-order chi connectivity index (χ1) is 11.2. The summed E-state index contributed by atoms with van der Waals surface area (Å²) in [6.07, 6.45) is 1.88. The van der Waals surface area contributed by atoms with Gasteiger partial charge in [-0.25, -0.2) is 9.98 Å². The number of ether oxygens (including phenoxy) is 1. The zero-order valence-electron chi connectivity index (χ0n) is 13.7. The molecule has 2 aromatic rings. The first-order valence-electron chi connectivity index (χ1n) is 7.49. The summed E-state index contributed by atoms with van der Waals surface area (Å²) in [4.78, 5) is 10.1. The molecule has 0 radical (unpaired) electrons. The molecule has 0 spiro atoms. The van der Waals surface area contributed by atoms with Crippen LogP contribution in [-0.4, -0.2) is 30.6 Å². The fraction of sp³-hybridized carbons (Fsp3) is 0.375. The molecule has 8 heteroatoms. The van der Waals surface area contributed by atoms with Gasteiger partial charge in [0.1, 0.15) is 17.4 Å². The van der Waals surface area contributed by atoms with Crippen LogP contribution in [0.5, 0.6) is 5.75 Å². The van der Waals surface area contributed by atoms with E-state index in [0.29, 0.717) is 19.7 Å². The molecule has 0 saturated carbocycles. The molecule has 1 heterocycles. The molecule has 0 aliphatic carbocycles. The van der Waals surface area contributed by atoms with Crippen molar-refractivity contribution in [2.45, 2.75) is 20.4 Å². The number of aromatic nitrogens is 1. The average Bonchev–Trinajstić information content (AvgIpc) is 2.94. The summed E-state index contributed by atoms with van der Waals surface area (Å²) in [5, 5.41) is 7.50. The monoisotopic (exact) mass is 524 g/mol. The van der Waals surface area contributed by atoms with Gasteiger partial charge in [0, 0.05) is 22.1 Å². The van der Waals surface area contributed by atoms with Crippen LogP contribution in [0.3, 0.4) is 0 Å². The number of benzene rings is 1. The summed E-state index contributed by atoms with van der Waals surface area (Å²) < 4.78 is 6.71. The topological polar surface area (TPSA) is 58.5 Å². The largest absolute Gasteiger partial charge is 0.492 e. The van der Waals surface area contributed by atoms with Crippen LogP contribution in [0.1, 0.15) is 16.8 Å². The number of nitrogens with zero attached hydrogens (tertiary/aromatic N) is 2. The molecule has 1 aromatic heterocycles. The van der Waals surface area contributed by atoms with Crippen molar-refractivity contribution in [1.29, 1.82) is 0 Å². The van der Waals surface area contributed by atoms with Crippen LogP contribution >= 0.6 is 51.2 Å². The standard InChI is InChI=1S/C16H21BrN4OS.HI/c1-3-18-16(21-11-15-20-10-12(2)23-15)19-7-8-22-14-6-4-5-13(17)9-14;/h4-6,9-10H,3,7-8,11H2,1-2H3,(H2,18,19,21);1H. The van der Waals surface area contributed by atoms with Gasteiger partial charge in [0.25, 0.3) is 0 Å². The van der Waals surface area contributed by atoms with E-state index in [1.807, 2.05) is 44.3 Å². The van der Waals surface area contributed by atoms with Crippen molar-refractivity contribution in [3.63, 3.8) is 0 Å². The normalized spacial score (nSPS) is 10.9. The maximum atomic E-state index is 5.70. The predicted octanol–water partition coefficient (Wildman–Crippen LogP) is 3.97. The number of halogens is 2. The maximum absolute atomic E-state index is 5.70. The van der Waals surface area contributed by atoms with Crippen molar-refractivity contribution in [1.82, 2.24) is 15.6 Å². The second kappa shape index (κ2) is 11.6. The van der Waals surface area contributed by atoms with Gasteiger partial charge in [0.2, 0.25) is 0 Å². The lowest BCUT2D eigenvalue weighted by atomic mass is 10.3. The first-order valence-corrected chi connectivity index (χ1v) is 9.10. The van der Waals surface area contributed by atoms with Crippen LogP contribution in [0.4, 0.5) is 0 Å². The number of thiazole rings is 1. The smallest absolute Gasteiger partial charge is 0.191 e. The van der Waals surface area contributed by atoms with E-state index in [0.717, 1.165) is 27.7 Å². The molecule has 0 aliphatic heterocycles. The Bertz CT molecular complexity index is 651. The van der Waals surface area contributed by atoms with E-state index in [1.165, 1.54) is 4.88 Å². The second-order valence-electron chi connectivity index (χ2n) is 4.79. The Morgan fingerprint density at radius 2 is 2.21 bits per heavy atom. The van der Waals surface area contributed by atoms with Crippen molar-refractivity contribution in [2.75, 3.05) is 19.7 Å². The van der Waals surface area contributed by atoms with Gasteiger partial charge in [-0.05, 0) is 32.0 Å². The third-order valence-electron chi connectivity index (χ3n) is 2.85. The molecule has 5 nitrogen and oxygen atoms in total.